The Labute approximate surface area is 54.7 Å². The summed E-state index contributed by atoms with van der Waals surface area (Å²) in [7, 11) is 0. The summed E-state index contributed by atoms with van der Waals surface area (Å²) in [5.74, 6) is 0. The summed E-state index contributed by atoms with van der Waals surface area (Å²) in [4.78, 5) is 9.38. The second kappa shape index (κ2) is 5.23. The SMILES string of the molecule is O=[CH][Sn][O][SnH]. The van der Waals surface area contributed by atoms with E-state index < -0.39 is 21.6 Å². The predicted molar refractivity (Wildman–Crippen MR) is 20.7 cm³/mol. The molecule has 0 amide bonds. The normalized spacial score (nSPS) is 7.40. The second-order valence-corrected chi connectivity index (χ2v) is 6.88. The average molecular weight is 283 g/mol. The number of rotatable bonds is 2. The Kier molecular flexibility index (Phi) is 6.51. The van der Waals surface area contributed by atoms with Crippen LogP contribution in [0.1, 0.15) is 0 Å². The van der Waals surface area contributed by atoms with Gasteiger partial charge in [-0.25, -0.2) is 0 Å². The molecular weight excluding hydrogens is 281 g/mol. The standard InChI is InChI=1S/CHO.O.2Sn.H/c1-2;;;;/h1H;;;;. The molecule has 0 aromatic heterocycles. The van der Waals surface area contributed by atoms with E-state index in [0.717, 1.165) is 27.2 Å². The van der Waals surface area contributed by atoms with E-state index in [1.807, 2.05) is 0 Å². The van der Waals surface area contributed by atoms with Crippen molar-refractivity contribution in [1.29, 1.82) is 0 Å². The average Bonchev–Trinajstić information content (AvgIpc) is 1.41. The first-order chi connectivity index (χ1) is 2.41. The number of hydrogen-bond acceptors (Lipinski definition) is 2. The van der Waals surface area contributed by atoms with Crippen molar-refractivity contribution >= 4 is 48.8 Å². The first-order valence-corrected chi connectivity index (χ1v) is 5.12. The number of carbonyl (C=O) groups is 1. The van der Waals surface area contributed by atoms with Crippen LogP contribution in [0.2, 0.25) is 0 Å². The maximum atomic E-state index is 9.38. The molecule has 0 bridgehead atoms. The van der Waals surface area contributed by atoms with Crippen molar-refractivity contribution in [3.8, 4) is 0 Å². The predicted octanol–water partition coefficient (Wildman–Crippen LogP) is -1.37. The first kappa shape index (κ1) is 6.23. The van der Waals surface area contributed by atoms with Crippen LogP contribution in [0.25, 0.3) is 0 Å². The van der Waals surface area contributed by atoms with E-state index in [2.05, 4.69) is 1.41 Å². The van der Waals surface area contributed by atoms with Crippen LogP contribution in [0.3, 0.4) is 0 Å². The van der Waals surface area contributed by atoms with Crippen molar-refractivity contribution < 1.29 is 6.21 Å². The van der Waals surface area contributed by atoms with Gasteiger partial charge in [-0.1, -0.05) is 0 Å². The van der Waals surface area contributed by atoms with Gasteiger partial charge in [0.05, 0.1) is 0 Å². The van der Waals surface area contributed by atoms with Crippen LogP contribution < -0.4 is 0 Å². The molecule has 5 heavy (non-hydrogen) atoms. The molecule has 0 saturated heterocycles. The van der Waals surface area contributed by atoms with Crippen molar-refractivity contribution in [2.45, 2.75) is 0 Å². The fraction of sp³-hybridized carbons (Fsp3) is 0. The molecule has 0 aromatic rings. The zero-order valence-electron chi connectivity index (χ0n) is 2.47. The second-order valence-electron chi connectivity index (χ2n) is 0.354. The van der Waals surface area contributed by atoms with Gasteiger partial charge in [-0.2, -0.15) is 0 Å². The third-order valence-corrected chi connectivity index (χ3v) is 3.38. The third kappa shape index (κ3) is 5.23. The molecule has 0 fully saturated rings. The Balaban J connectivity index is 2.40. The molecule has 0 aliphatic heterocycles. The van der Waals surface area contributed by atoms with Crippen LogP contribution >= 0.6 is 0 Å². The number of hydrogen-bond donors (Lipinski definition) is 0. The molecule has 26 valence electrons. The monoisotopic (exact) mass is 286 g/mol. The Bertz CT molecular complexity index is 28.8. The van der Waals surface area contributed by atoms with Crippen LogP contribution in [-0.2, 0) is 6.21 Å². The van der Waals surface area contributed by atoms with E-state index in [1.54, 1.807) is 0 Å². The summed E-state index contributed by atoms with van der Waals surface area (Å²) in [5, 5.41) is 0. The van der Waals surface area contributed by atoms with E-state index in [-0.39, 0.29) is 0 Å². The van der Waals surface area contributed by atoms with E-state index in [9.17, 15) is 4.79 Å². The molecule has 0 atom stereocenters. The zero-order chi connectivity index (χ0) is 4.12. The Morgan fingerprint density at radius 1 is 2.00 bits per heavy atom. The summed E-state index contributed by atoms with van der Waals surface area (Å²) in [5.41, 5.74) is 0. The van der Waals surface area contributed by atoms with Gasteiger partial charge >= 0.3 is 55.0 Å². The van der Waals surface area contributed by atoms with Gasteiger partial charge in [-0.05, 0) is 0 Å². The molecule has 0 aliphatic rings. The molecule has 4 heteroatoms. The van der Waals surface area contributed by atoms with Crippen LogP contribution in [0.15, 0.2) is 0 Å². The van der Waals surface area contributed by atoms with Gasteiger partial charge in [0.15, 0.2) is 0 Å². The van der Waals surface area contributed by atoms with E-state index in [0.29, 0.717) is 0 Å². The molecule has 0 saturated carbocycles. The molecule has 0 N–H and O–H groups in total. The Hall–Kier alpha value is 1.23. The summed E-state index contributed by atoms with van der Waals surface area (Å²) in [6.07, 6.45) is 0. The minimum absolute atomic E-state index is 0.795. The van der Waals surface area contributed by atoms with Gasteiger partial charge in [-0.15, -0.1) is 0 Å². The molecule has 0 heterocycles. The maximum absolute atomic E-state index is 9.38. The van der Waals surface area contributed by atoms with Gasteiger partial charge in [-0.3, -0.25) is 0 Å². The van der Waals surface area contributed by atoms with Crippen molar-refractivity contribution in [2.75, 3.05) is 0 Å². The molecule has 2 nitrogen and oxygen atoms in total. The van der Waals surface area contributed by atoms with Crippen LogP contribution in [0.5, 0.6) is 0 Å². The summed E-state index contributed by atoms with van der Waals surface area (Å²) in [6, 6.07) is 0. The summed E-state index contributed by atoms with van der Waals surface area (Å²) in [6.45, 7) is 0. The van der Waals surface area contributed by atoms with E-state index in [4.69, 9.17) is 0 Å². The Morgan fingerprint density at radius 2 is 2.60 bits per heavy atom. The topological polar surface area (TPSA) is 26.3 Å². The van der Waals surface area contributed by atoms with Gasteiger partial charge in [0.25, 0.3) is 0 Å². The molecule has 0 unspecified atom stereocenters. The van der Waals surface area contributed by atoms with Gasteiger partial charge < -0.3 is 0 Å². The quantitative estimate of drug-likeness (QED) is 0.462. The molecule has 0 aliphatic carbocycles. The van der Waals surface area contributed by atoms with Crippen molar-refractivity contribution in [3.63, 3.8) is 0 Å². The zero-order valence-corrected chi connectivity index (χ0v) is 8.62. The minimum atomic E-state index is -0.905. The van der Waals surface area contributed by atoms with Gasteiger partial charge in [0.1, 0.15) is 0 Å². The van der Waals surface area contributed by atoms with E-state index in [1.165, 1.54) is 0 Å². The van der Waals surface area contributed by atoms with Crippen molar-refractivity contribution in [1.82, 2.24) is 0 Å². The van der Waals surface area contributed by atoms with Crippen LogP contribution in [0.4, 0.5) is 0 Å². The molecule has 0 spiro atoms. The fourth-order valence-electron chi connectivity index (χ4n) is 0.0278. The van der Waals surface area contributed by atoms with Crippen molar-refractivity contribution in [3.05, 3.63) is 0 Å². The van der Waals surface area contributed by atoms with E-state index >= 15 is 0 Å². The number of carbonyl (C=O) groups excluding carboxylic acids is 1. The van der Waals surface area contributed by atoms with Crippen LogP contribution in [0, 0.1) is 0 Å². The van der Waals surface area contributed by atoms with Gasteiger partial charge in [0, 0.05) is 0 Å². The molecule has 0 rings (SSSR count). The molecular formula is CH2O2Sn2. The van der Waals surface area contributed by atoms with Crippen molar-refractivity contribution in [2.24, 2.45) is 0 Å². The summed E-state index contributed by atoms with van der Waals surface area (Å²) < 4.78 is 5.53. The molecule has 0 aromatic carbocycles. The third-order valence-electron chi connectivity index (χ3n) is 0.116. The Morgan fingerprint density at radius 3 is 2.60 bits per heavy atom. The van der Waals surface area contributed by atoms with Gasteiger partial charge in [0.2, 0.25) is 0 Å². The fourth-order valence-corrected chi connectivity index (χ4v) is 1.25. The first-order valence-electron chi connectivity index (χ1n) is 0.964. The molecule has 4 radical (unpaired) electrons. The van der Waals surface area contributed by atoms with Crippen LogP contribution in [-0.4, -0.2) is 48.8 Å². The summed E-state index contributed by atoms with van der Waals surface area (Å²) >= 11 is -0.110.